The maximum atomic E-state index is 12.6. The van der Waals surface area contributed by atoms with Gasteiger partial charge < -0.3 is 10.2 Å². The maximum Gasteiger partial charge on any atom is 0.230 e. The van der Waals surface area contributed by atoms with E-state index in [0.717, 1.165) is 44.9 Å². The van der Waals surface area contributed by atoms with Crippen molar-refractivity contribution in [2.45, 2.75) is 46.0 Å². The summed E-state index contributed by atoms with van der Waals surface area (Å²) in [5.74, 6) is 1.18. The third-order valence-electron chi connectivity index (χ3n) is 4.64. The number of rotatable bonds is 4. The average molecular weight is 238 g/mol. The molecule has 1 N–H and O–H groups in total. The molecular weight excluding hydrogens is 212 g/mol. The molecule has 2 rings (SSSR count). The van der Waals surface area contributed by atoms with E-state index in [1.165, 1.54) is 19.3 Å². The Morgan fingerprint density at radius 1 is 1.47 bits per heavy atom. The van der Waals surface area contributed by atoms with Gasteiger partial charge in [0.2, 0.25) is 5.91 Å². The van der Waals surface area contributed by atoms with E-state index in [9.17, 15) is 4.79 Å². The van der Waals surface area contributed by atoms with Gasteiger partial charge >= 0.3 is 0 Å². The second kappa shape index (κ2) is 5.38. The Balaban J connectivity index is 1.96. The van der Waals surface area contributed by atoms with Crippen LogP contribution >= 0.6 is 0 Å². The Bertz CT molecular complexity index is 271. The third kappa shape index (κ3) is 2.49. The molecule has 2 atom stereocenters. The van der Waals surface area contributed by atoms with E-state index >= 15 is 0 Å². The summed E-state index contributed by atoms with van der Waals surface area (Å²) in [6, 6.07) is 0. The van der Waals surface area contributed by atoms with Gasteiger partial charge in [-0.3, -0.25) is 4.79 Å². The van der Waals surface area contributed by atoms with E-state index in [4.69, 9.17) is 0 Å². The van der Waals surface area contributed by atoms with Gasteiger partial charge in [0.05, 0.1) is 5.41 Å². The van der Waals surface area contributed by atoms with Crippen LogP contribution in [0.3, 0.4) is 0 Å². The second-order valence-electron chi connectivity index (χ2n) is 5.76. The fraction of sp³-hybridized carbons (Fsp3) is 0.929. The first-order valence-corrected chi connectivity index (χ1v) is 7.22. The molecule has 0 aromatic rings. The van der Waals surface area contributed by atoms with Crippen LogP contribution in [0.25, 0.3) is 0 Å². The van der Waals surface area contributed by atoms with Crippen LogP contribution in [0.2, 0.25) is 0 Å². The molecule has 3 nitrogen and oxygen atoms in total. The Labute approximate surface area is 105 Å². The smallest absolute Gasteiger partial charge is 0.230 e. The van der Waals surface area contributed by atoms with Crippen LogP contribution in [0, 0.1) is 11.3 Å². The lowest BCUT2D eigenvalue weighted by molar-refractivity contribution is -0.140. The monoisotopic (exact) mass is 238 g/mol. The van der Waals surface area contributed by atoms with Crippen molar-refractivity contribution in [3.63, 3.8) is 0 Å². The molecule has 2 heterocycles. The van der Waals surface area contributed by atoms with E-state index in [0.29, 0.717) is 5.91 Å². The van der Waals surface area contributed by atoms with Crippen molar-refractivity contribution in [1.29, 1.82) is 0 Å². The standard InChI is InChI=1S/C14H26N2O/c1-3-5-12-6-9-16(10-12)13(17)14(4-2)7-8-15-11-14/h12,15H,3-11H2,1-2H3. The van der Waals surface area contributed by atoms with Gasteiger partial charge in [-0.15, -0.1) is 0 Å². The lowest BCUT2D eigenvalue weighted by Gasteiger charge is -2.30. The molecule has 1 amide bonds. The summed E-state index contributed by atoms with van der Waals surface area (Å²) in [5, 5.41) is 3.36. The van der Waals surface area contributed by atoms with E-state index in [2.05, 4.69) is 24.1 Å². The van der Waals surface area contributed by atoms with Gasteiger partial charge in [0, 0.05) is 19.6 Å². The minimum atomic E-state index is -0.0822. The van der Waals surface area contributed by atoms with Crippen molar-refractivity contribution in [2.24, 2.45) is 11.3 Å². The van der Waals surface area contributed by atoms with E-state index in [-0.39, 0.29) is 5.41 Å². The fourth-order valence-electron chi connectivity index (χ4n) is 3.38. The lowest BCUT2D eigenvalue weighted by atomic mass is 9.83. The normalized spacial score (nSPS) is 33.3. The molecule has 2 aliphatic heterocycles. The predicted octanol–water partition coefficient (Wildman–Crippen LogP) is 2.02. The minimum Gasteiger partial charge on any atom is -0.342 e. The number of hydrogen-bond acceptors (Lipinski definition) is 2. The largest absolute Gasteiger partial charge is 0.342 e. The van der Waals surface area contributed by atoms with Crippen LogP contribution in [-0.2, 0) is 4.79 Å². The zero-order chi connectivity index (χ0) is 12.3. The van der Waals surface area contributed by atoms with E-state index in [1.54, 1.807) is 0 Å². The molecule has 98 valence electrons. The Morgan fingerprint density at radius 3 is 2.88 bits per heavy atom. The van der Waals surface area contributed by atoms with Gasteiger partial charge in [-0.25, -0.2) is 0 Å². The Hall–Kier alpha value is -0.570. The summed E-state index contributed by atoms with van der Waals surface area (Å²) in [6.45, 7) is 8.28. The number of likely N-dealkylation sites (tertiary alicyclic amines) is 1. The molecule has 0 saturated carbocycles. The van der Waals surface area contributed by atoms with Gasteiger partial charge in [-0.1, -0.05) is 20.3 Å². The van der Waals surface area contributed by atoms with Crippen molar-refractivity contribution in [3.05, 3.63) is 0 Å². The first-order chi connectivity index (χ1) is 8.22. The summed E-state index contributed by atoms with van der Waals surface area (Å²) in [4.78, 5) is 14.8. The first-order valence-electron chi connectivity index (χ1n) is 7.22. The number of carbonyl (C=O) groups excluding carboxylic acids is 1. The summed E-state index contributed by atoms with van der Waals surface area (Å²) in [5.41, 5.74) is -0.0822. The average Bonchev–Trinajstić information content (AvgIpc) is 2.98. The highest BCUT2D eigenvalue weighted by atomic mass is 16.2. The topological polar surface area (TPSA) is 32.3 Å². The molecular formula is C14H26N2O. The second-order valence-corrected chi connectivity index (χ2v) is 5.76. The number of nitrogens with zero attached hydrogens (tertiary/aromatic N) is 1. The van der Waals surface area contributed by atoms with E-state index < -0.39 is 0 Å². The molecule has 2 saturated heterocycles. The van der Waals surface area contributed by atoms with Gasteiger partial charge in [0.15, 0.2) is 0 Å². The number of carbonyl (C=O) groups is 1. The van der Waals surface area contributed by atoms with Crippen LogP contribution in [0.1, 0.15) is 46.0 Å². The zero-order valence-electron chi connectivity index (χ0n) is 11.3. The van der Waals surface area contributed by atoms with Gasteiger partial charge in [0.1, 0.15) is 0 Å². The fourth-order valence-corrected chi connectivity index (χ4v) is 3.38. The first kappa shape index (κ1) is 12.9. The number of hydrogen-bond donors (Lipinski definition) is 1. The van der Waals surface area contributed by atoms with Crippen molar-refractivity contribution in [1.82, 2.24) is 10.2 Å². The van der Waals surface area contributed by atoms with Crippen LogP contribution in [0.15, 0.2) is 0 Å². The Morgan fingerprint density at radius 2 is 2.29 bits per heavy atom. The molecule has 0 radical (unpaired) electrons. The van der Waals surface area contributed by atoms with Crippen molar-refractivity contribution < 1.29 is 4.79 Å². The van der Waals surface area contributed by atoms with E-state index in [1.807, 2.05) is 0 Å². The quantitative estimate of drug-likeness (QED) is 0.812. The molecule has 0 spiro atoms. The molecule has 2 fully saturated rings. The van der Waals surface area contributed by atoms with Crippen molar-refractivity contribution in [3.8, 4) is 0 Å². The molecule has 2 unspecified atom stereocenters. The SMILES string of the molecule is CCCC1CCN(C(=O)C2(CC)CCNC2)C1. The maximum absolute atomic E-state index is 12.6. The highest BCUT2D eigenvalue weighted by molar-refractivity contribution is 5.83. The zero-order valence-corrected chi connectivity index (χ0v) is 11.3. The summed E-state index contributed by atoms with van der Waals surface area (Å²) in [6.07, 6.45) is 5.74. The molecule has 0 aliphatic carbocycles. The third-order valence-corrected chi connectivity index (χ3v) is 4.64. The van der Waals surface area contributed by atoms with Crippen LogP contribution in [0.5, 0.6) is 0 Å². The summed E-state index contributed by atoms with van der Waals surface area (Å²) >= 11 is 0. The van der Waals surface area contributed by atoms with Gasteiger partial charge in [-0.05, 0) is 38.1 Å². The molecule has 3 heteroatoms. The molecule has 2 aliphatic rings. The number of amides is 1. The molecule has 0 bridgehead atoms. The van der Waals surface area contributed by atoms with Crippen LogP contribution in [-0.4, -0.2) is 37.0 Å². The van der Waals surface area contributed by atoms with Gasteiger partial charge in [0.25, 0.3) is 0 Å². The number of nitrogens with one attached hydrogen (secondary N) is 1. The lowest BCUT2D eigenvalue weighted by Crippen LogP contribution is -2.44. The van der Waals surface area contributed by atoms with Crippen LogP contribution < -0.4 is 5.32 Å². The molecule has 17 heavy (non-hydrogen) atoms. The summed E-state index contributed by atoms with van der Waals surface area (Å²) in [7, 11) is 0. The molecule has 0 aromatic carbocycles. The van der Waals surface area contributed by atoms with Crippen molar-refractivity contribution in [2.75, 3.05) is 26.2 Å². The van der Waals surface area contributed by atoms with Crippen LogP contribution in [0.4, 0.5) is 0 Å². The van der Waals surface area contributed by atoms with Gasteiger partial charge in [-0.2, -0.15) is 0 Å². The highest BCUT2D eigenvalue weighted by Gasteiger charge is 2.43. The molecule has 0 aromatic heterocycles. The van der Waals surface area contributed by atoms with Crippen molar-refractivity contribution >= 4 is 5.91 Å². The minimum absolute atomic E-state index is 0.0822. The summed E-state index contributed by atoms with van der Waals surface area (Å²) < 4.78 is 0. The highest BCUT2D eigenvalue weighted by Crippen LogP contribution is 2.34. The Kier molecular flexibility index (Phi) is 4.08. The predicted molar refractivity (Wildman–Crippen MR) is 69.8 cm³/mol.